The van der Waals surface area contributed by atoms with Gasteiger partial charge in [0.15, 0.2) is 0 Å². The van der Waals surface area contributed by atoms with Crippen molar-refractivity contribution < 1.29 is 23.5 Å². The van der Waals surface area contributed by atoms with Crippen LogP contribution < -0.4 is 10.6 Å². The molecule has 2 aromatic rings. The minimum absolute atomic E-state index is 0.0307. The number of nitrogens with one attached hydrogen (secondary N) is 2. The number of allylic oxidation sites excluding steroid dienone is 1. The van der Waals surface area contributed by atoms with E-state index in [1.54, 1.807) is 36.4 Å². The maximum Gasteiger partial charge on any atom is 0.319 e. The monoisotopic (exact) mass is 439 g/mol. The number of amides is 2. The van der Waals surface area contributed by atoms with Gasteiger partial charge >= 0.3 is 5.97 Å². The normalized spacial score (nSPS) is 18.0. The highest BCUT2D eigenvalue weighted by Gasteiger charge is 2.44. The number of hydrogen-bond acceptors (Lipinski definition) is 6. The van der Waals surface area contributed by atoms with E-state index in [4.69, 9.17) is 4.74 Å². The molecule has 2 N–H and O–H groups in total. The van der Waals surface area contributed by atoms with Crippen LogP contribution in [0.1, 0.15) is 11.5 Å². The highest BCUT2D eigenvalue weighted by atomic mass is 32.2. The van der Waals surface area contributed by atoms with Gasteiger partial charge in [-0.3, -0.25) is 14.4 Å². The fraction of sp³-hybridized carbons (Fsp3) is 0.182. The zero-order valence-electron chi connectivity index (χ0n) is 16.4. The second-order valence-electron chi connectivity index (χ2n) is 6.55. The lowest BCUT2D eigenvalue weighted by Gasteiger charge is -2.30. The molecule has 158 valence electrons. The Balaban J connectivity index is 1.87. The fourth-order valence-electron chi connectivity index (χ4n) is 3.23. The van der Waals surface area contributed by atoms with E-state index < -0.39 is 35.4 Å². The van der Waals surface area contributed by atoms with E-state index in [-0.39, 0.29) is 22.0 Å². The highest BCUT2D eigenvalue weighted by Crippen LogP contribution is 2.40. The molecule has 9 heteroatoms. The van der Waals surface area contributed by atoms with Crippen LogP contribution in [0, 0.1) is 23.1 Å². The SMILES string of the molecule is COC(=O)[C@H]1C(=O)NC(SCC(=O)Nc2ccccc2F)=C(C#N)[C@@H]1c1ccccc1. The average Bonchev–Trinajstić information content (AvgIpc) is 2.78. The number of nitriles is 1. The smallest absolute Gasteiger partial charge is 0.319 e. The average molecular weight is 439 g/mol. The molecule has 0 spiro atoms. The van der Waals surface area contributed by atoms with Crippen LogP contribution in [0.4, 0.5) is 10.1 Å². The van der Waals surface area contributed by atoms with Crippen LogP contribution in [0.5, 0.6) is 0 Å². The van der Waals surface area contributed by atoms with Gasteiger partial charge in [-0.25, -0.2) is 4.39 Å². The summed E-state index contributed by atoms with van der Waals surface area (Å²) in [4.78, 5) is 37.3. The molecule has 0 aromatic heterocycles. The molecule has 0 aliphatic carbocycles. The van der Waals surface area contributed by atoms with Gasteiger partial charge in [-0.1, -0.05) is 54.2 Å². The third-order valence-electron chi connectivity index (χ3n) is 4.64. The van der Waals surface area contributed by atoms with E-state index in [2.05, 4.69) is 16.7 Å². The van der Waals surface area contributed by atoms with Crippen molar-refractivity contribution in [1.29, 1.82) is 5.26 Å². The van der Waals surface area contributed by atoms with E-state index in [0.29, 0.717) is 5.56 Å². The summed E-state index contributed by atoms with van der Waals surface area (Å²) in [7, 11) is 1.17. The molecule has 0 bridgehead atoms. The summed E-state index contributed by atoms with van der Waals surface area (Å²) in [5, 5.41) is 15.0. The van der Waals surface area contributed by atoms with Crippen LogP contribution in [0.25, 0.3) is 0 Å². The molecular formula is C22H18FN3O4S. The molecule has 3 rings (SSSR count). The highest BCUT2D eigenvalue weighted by molar-refractivity contribution is 8.03. The first kappa shape index (κ1) is 22.1. The number of thioether (sulfide) groups is 1. The molecule has 31 heavy (non-hydrogen) atoms. The molecule has 0 saturated carbocycles. The maximum atomic E-state index is 13.7. The standard InChI is InChI=1S/C22H18FN3O4S/c1-30-22(29)19-18(13-7-3-2-4-8-13)14(11-24)21(26-20(19)28)31-12-17(27)25-16-10-6-5-9-15(16)23/h2-10,18-19H,12H2,1H3,(H,25,27)(H,26,28)/t18-,19+/m0/s1. The first-order valence-corrected chi connectivity index (χ1v) is 10.2. The van der Waals surface area contributed by atoms with Crippen LogP contribution in [0.15, 0.2) is 65.2 Å². The van der Waals surface area contributed by atoms with Gasteiger partial charge in [0.05, 0.1) is 35.2 Å². The minimum atomic E-state index is -1.24. The summed E-state index contributed by atoms with van der Waals surface area (Å²) in [6.07, 6.45) is 0. The van der Waals surface area contributed by atoms with E-state index in [0.717, 1.165) is 11.8 Å². The number of anilines is 1. The van der Waals surface area contributed by atoms with Gasteiger partial charge in [0.25, 0.3) is 0 Å². The molecule has 1 heterocycles. The predicted molar refractivity (Wildman–Crippen MR) is 113 cm³/mol. The first-order chi connectivity index (χ1) is 15.0. The molecule has 0 saturated heterocycles. The third kappa shape index (κ3) is 4.92. The van der Waals surface area contributed by atoms with Crippen LogP contribution in [-0.4, -0.2) is 30.6 Å². The summed E-state index contributed by atoms with van der Waals surface area (Å²) in [5.74, 6) is -4.76. The van der Waals surface area contributed by atoms with E-state index in [1.165, 1.54) is 25.3 Å². The van der Waals surface area contributed by atoms with Gasteiger partial charge in [-0.15, -0.1) is 0 Å². The van der Waals surface area contributed by atoms with Gasteiger partial charge in [-0.05, 0) is 17.7 Å². The van der Waals surface area contributed by atoms with Crippen molar-refractivity contribution >= 4 is 35.2 Å². The van der Waals surface area contributed by atoms with Gasteiger partial charge < -0.3 is 15.4 Å². The number of esters is 1. The van der Waals surface area contributed by atoms with Crippen LogP contribution in [0.2, 0.25) is 0 Å². The number of methoxy groups -OCH3 is 1. The van der Waals surface area contributed by atoms with Crippen molar-refractivity contribution in [2.75, 3.05) is 18.2 Å². The van der Waals surface area contributed by atoms with E-state index in [1.807, 2.05) is 0 Å². The quantitative estimate of drug-likeness (QED) is 0.529. The zero-order chi connectivity index (χ0) is 22.4. The number of hydrogen-bond donors (Lipinski definition) is 2. The molecular weight excluding hydrogens is 421 g/mol. The van der Waals surface area contributed by atoms with Crippen molar-refractivity contribution in [1.82, 2.24) is 5.32 Å². The summed E-state index contributed by atoms with van der Waals surface area (Å²) >= 11 is 0.925. The lowest BCUT2D eigenvalue weighted by atomic mass is 9.78. The summed E-state index contributed by atoms with van der Waals surface area (Å²) in [6, 6.07) is 16.5. The fourth-order valence-corrected chi connectivity index (χ4v) is 4.08. The topological polar surface area (TPSA) is 108 Å². The first-order valence-electron chi connectivity index (χ1n) is 9.21. The van der Waals surface area contributed by atoms with Gasteiger partial charge in [0.1, 0.15) is 11.7 Å². The second kappa shape index (κ2) is 9.91. The van der Waals surface area contributed by atoms with Crippen molar-refractivity contribution in [3.8, 4) is 6.07 Å². The Morgan fingerprint density at radius 3 is 2.52 bits per heavy atom. The Hall–Kier alpha value is -3.64. The Labute approximate surface area is 182 Å². The lowest BCUT2D eigenvalue weighted by Crippen LogP contribution is -2.44. The number of halogens is 1. The molecule has 2 atom stereocenters. The number of para-hydroxylation sites is 1. The summed E-state index contributed by atoms with van der Waals surface area (Å²) in [6.45, 7) is 0. The largest absolute Gasteiger partial charge is 0.468 e. The van der Waals surface area contributed by atoms with Gasteiger partial charge in [0, 0.05) is 5.92 Å². The van der Waals surface area contributed by atoms with E-state index in [9.17, 15) is 24.0 Å². The number of benzene rings is 2. The Kier molecular flexibility index (Phi) is 7.05. The molecule has 1 aliphatic rings. The van der Waals surface area contributed by atoms with E-state index >= 15 is 0 Å². The summed E-state index contributed by atoms with van der Waals surface area (Å²) < 4.78 is 18.5. The minimum Gasteiger partial charge on any atom is -0.468 e. The molecule has 1 aliphatic heterocycles. The van der Waals surface area contributed by atoms with Crippen LogP contribution >= 0.6 is 11.8 Å². The number of ether oxygens (including phenoxy) is 1. The van der Waals surface area contributed by atoms with Gasteiger partial charge in [0.2, 0.25) is 11.8 Å². The van der Waals surface area contributed by atoms with Gasteiger partial charge in [-0.2, -0.15) is 5.26 Å². The second-order valence-corrected chi connectivity index (χ2v) is 7.54. The van der Waals surface area contributed by atoms with Crippen LogP contribution in [0.3, 0.4) is 0 Å². The van der Waals surface area contributed by atoms with Crippen LogP contribution in [-0.2, 0) is 19.1 Å². The van der Waals surface area contributed by atoms with Crippen molar-refractivity contribution in [2.45, 2.75) is 5.92 Å². The molecule has 0 fully saturated rings. The Morgan fingerprint density at radius 2 is 1.87 bits per heavy atom. The Bertz CT molecular complexity index is 1080. The van der Waals surface area contributed by atoms with Crippen molar-refractivity contribution in [3.63, 3.8) is 0 Å². The predicted octanol–water partition coefficient (Wildman–Crippen LogP) is 2.94. The Morgan fingerprint density at radius 1 is 1.19 bits per heavy atom. The number of nitrogens with zero attached hydrogens (tertiary/aromatic N) is 1. The van der Waals surface area contributed by atoms with Crippen molar-refractivity contribution in [3.05, 3.63) is 76.6 Å². The number of carbonyl (C=O) groups is 3. The maximum absolute atomic E-state index is 13.7. The lowest BCUT2D eigenvalue weighted by molar-refractivity contribution is -0.150. The zero-order valence-corrected chi connectivity index (χ0v) is 17.2. The number of rotatable bonds is 6. The molecule has 7 nitrogen and oxygen atoms in total. The molecule has 0 radical (unpaired) electrons. The van der Waals surface area contributed by atoms with Crippen molar-refractivity contribution in [2.24, 2.45) is 5.92 Å². The molecule has 2 amide bonds. The molecule has 2 aromatic carbocycles. The number of carbonyl (C=O) groups excluding carboxylic acids is 3. The molecule has 0 unspecified atom stereocenters. The summed E-state index contributed by atoms with van der Waals surface area (Å²) in [5.41, 5.74) is 0.770. The third-order valence-corrected chi connectivity index (χ3v) is 5.66.